The minimum absolute atomic E-state index is 0.0512. The third kappa shape index (κ3) is 4.59. The van der Waals surface area contributed by atoms with E-state index in [1.807, 2.05) is 37.3 Å². The Bertz CT molecular complexity index is 742. The lowest BCUT2D eigenvalue weighted by Gasteiger charge is -2.14. The van der Waals surface area contributed by atoms with E-state index in [0.717, 1.165) is 12.2 Å². The molecule has 3 atom stereocenters. The van der Waals surface area contributed by atoms with Crippen molar-refractivity contribution in [2.24, 2.45) is 11.8 Å². The van der Waals surface area contributed by atoms with Crippen molar-refractivity contribution < 1.29 is 19.1 Å². The number of carbonyl (C=O) groups excluding carboxylic acids is 2. The molecule has 3 rings (SSSR count). The Morgan fingerprint density at radius 3 is 2.24 bits per heavy atom. The minimum Gasteiger partial charge on any atom is -0.457 e. The van der Waals surface area contributed by atoms with E-state index < -0.39 is 6.10 Å². The highest BCUT2D eigenvalue weighted by molar-refractivity contribution is 5.95. The molecule has 1 amide bonds. The molecule has 0 spiro atoms. The smallest absolute Gasteiger partial charge is 0.309 e. The van der Waals surface area contributed by atoms with Crippen LogP contribution in [0.4, 0.5) is 5.69 Å². The summed E-state index contributed by atoms with van der Waals surface area (Å²) in [6, 6.07) is 16.5. The zero-order valence-electron chi connectivity index (χ0n) is 14.3. The fourth-order valence-corrected chi connectivity index (χ4v) is 2.44. The molecular formula is C20H21NO4. The van der Waals surface area contributed by atoms with Crippen molar-refractivity contribution in [1.29, 1.82) is 0 Å². The van der Waals surface area contributed by atoms with E-state index in [2.05, 4.69) is 5.32 Å². The van der Waals surface area contributed by atoms with Gasteiger partial charge in [-0.25, -0.2) is 0 Å². The molecule has 0 radical (unpaired) electrons. The van der Waals surface area contributed by atoms with Crippen molar-refractivity contribution in [1.82, 2.24) is 0 Å². The lowest BCUT2D eigenvalue weighted by atomic mass is 10.2. The van der Waals surface area contributed by atoms with Gasteiger partial charge in [-0.3, -0.25) is 9.59 Å². The number of esters is 1. The minimum atomic E-state index is -0.819. The van der Waals surface area contributed by atoms with Crippen molar-refractivity contribution in [3.63, 3.8) is 0 Å². The van der Waals surface area contributed by atoms with Crippen LogP contribution in [0.3, 0.4) is 0 Å². The summed E-state index contributed by atoms with van der Waals surface area (Å²) in [5.41, 5.74) is 0.619. The number of para-hydroxylation sites is 1. The molecule has 0 bridgehead atoms. The predicted molar refractivity (Wildman–Crippen MR) is 94.4 cm³/mol. The van der Waals surface area contributed by atoms with Gasteiger partial charge in [0, 0.05) is 5.69 Å². The van der Waals surface area contributed by atoms with E-state index >= 15 is 0 Å². The number of ether oxygens (including phenoxy) is 2. The van der Waals surface area contributed by atoms with Crippen LogP contribution in [0.5, 0.6) is 11.5 Å². The molecule has 130 valence electrons. The van der Waals surface area contributed by atoms with E-state index in [1.165, 1.54) is 0 Å². The van der Waals surface area contributed by atoms with E-state index in [1.54, 1.807) is 31.2 Å². The summed E-state index contributed by atoms with van der Waals surface area (Å²) in [4.78, 5) is 23.9. The molecule has 1 saturated carbocycles. The van der Waals surface area contributed by atoms with Gasteiger partial charge in [0.25, 0.3) is 5.91 Å². The van der Waals surface area contributed by atoms with Crippen LogP contribution in [0.15, 0.2) is 54.6 Å². The number of hydrogen-bond donors (Lipinski definition) is 1. The van der Waals surface area contributed by atoms with Crippen molar-refractivity contribution >= 4 is 17.6 Å². The summed E-state index contributed by atoms with van der Waals surface area (Å²) in [6.45, 7) is 3.57. The number of benzene rings is 2. The summed E-state index contributed by atoms with van der Waals surface area (Å²) in [7, 11) is 0. The fourth-order valence-electron chi connectivity index (χ4n) is 2.44. The number of carbonyl (C=O) groups is 2. The molecule has 0 unspecified atom stereocenters. The summed E-state index contributed by atoms with van der Waals surface area (Å²) < 4.78 is 10.9. The maximum Gasteiger partial charge on any atom is 0.309 e. The third-order valence-corrected chi connectivity index (χ3v) is 4.18. The second kappa shape index (κ2) is 7.38. The molecule has 0 saturated heterocycles. The molecule has 5 nitrogen and oxygen atoms in total. The van der Waals surface area contributed by atoms with E-state index in [4.69, 9.17) is 9.47 Å². The van der Waals surface area contributed by atoms with E-state index in [0.29, 0.717) is 17.4 Å². The van der Waals surface area contributed by atoms with Gasteiger partial charge in [-0.15, -0.1) is 0 Å². The van der Waals surface area contributed by atoms with Gasteiger partial charge in [0.1, 0.15) is 11.5 Å². The molecule has 1 fully saturated rings. The van der Waals surface area contributed by atoms with Gasteiger partial charge in [-0.1, -0.05) is 25.1 Å². The Morgan fingerprint density at radius 1 is 1.04 bits per heavy atom. The van der Waals surface area contributed by atoms with Crippen LogP contribution >= 0.6 is 0 Å². The molecular weight excluding hydrogens is 318 g/mol. The zero-order valence-corrected chi connectivity index (χ0v) is 14.3. The van der Waals surface area contributed by atoms with Gasteiger partial charge in [0.05, 0.1) is 5.92 Å². The highest BCUT2D eigenvalue weighted by atomic mass is 16.5. The Labute approximate surface area is 147 Å². The molecule has 25 heavy (non-hydrogen) atoms. The van der Waals surface area contributed by atoms with Crippen LogP contribution < -0.4 is 10.1 Å². The molecule has 2 aromatic rings. The average molecular weight is 339 g/mol. The lowest BCUT2D eigenvalue weighted by molar-refractivity contribution is -0.154. The van der Waals surface area contributed by atoms with Crippen molar-refractivity contribution in [3.05, 3.63) is 54.6 Å². The Kier molecular flexibility index (Phi) is 5.03. The standard InChI is InChI=1S/C20H21NO4/c1-13-12-18(13)20(23)24-14(2)19(22)21-15-8-10-17(11-9-15)25-16-6-4-3-5-7-16/h3-11,13-14,18H,12H2,1-2H3,(H,21,22)/t13-,14+,18+/m1/s1. The predicted octanol–water partition coefficient (Wildman–Crippen LogP) is 4.01. The molecule has 1 aliphatic carbocycles. The largest absolute Gasteiger partial charge is 0.457 e. The summed E-state index contributed by atoms with van der Waals surface area (Å²) >= 11 is 0. The molecule has 2 aromatic carbocycles. The van der Waals surface area contributed by atoms with Crippen molar-refractivity contribution in [3.8, 4) is 11.5 Å². The Morgan fingerprint density at radius 2 is 1.64 bits per heavy atom. The lowest BCUT2D eigenvalue weighted by Crippen LogP contribution is -2.30. The van der Waals surface area contributed by atoms with Crippen LogP contribution in [0.2, 0.25) is 0 Å². The average Bonchev–Trinajstić information content (AvgIpc) is 3.34. The highest BCUT2D eigenvalue weighted by Gasteiger charge is 2.41. The van der Waals surface area contributed by atoms with Gasteiger partial charge in [-0.2, -0.15) is 0 Å². The van der Waals surface area contributed by atoms with Crippen LogP contribution in [0, 0.1) is 11.8 Å². The highest BCUT2D eigenvalue weighted by Crippen LogP contribution is 2.38. The van der Waals surface area contributed by atoms with Gasteiger partial charge in [0.2, 0.25) is 0 Å². The fraction of sp³-hybridized carbons (Fsp3) is 0.300. The Balaban J connectivity index is 1.52. The molecule has 5 heteroatoms. The topological polar surface area (TPSA) is 64.6 Å². The first-order chi connectivity index (χ1) is 12.0. The number of rotatable bonds is 6. The number of amides is 1. The normalized spacial score (nSPS) is 19.6. The van der Waals surface area contributed by atoms with Gasteiger partial charge in [0.15, 0.2) is 6.10 Å². The molecule has 0 aromatic heterocycles. The number of nitrogens with one attached hydrogen (secondary N) is 1. The first-order valence-electron chi connectivity index (χ1n) is 8.37. The molecule has 1 N–H and O–H groups in total. The van der Waals surface area contributed by atoms with Crippen molar-refractivity contribution in [2.45, 2.75) is 26.4 Å². The second-order valence-electron chi connectivity index (χ2n) is 6.33. The maximum absolute atomic E-state index is 12.1. The molecule has 1 aliphatic rings. The van der Waals surface area contributed by atoms with Crippen LogP contribution in [0.25, 0.3) is 0 Å². The van der Waals surface area contributed by atoms with E-state index in [-0.39, 0.29) is 17.8 Å². The number of hydrogen-bond acceptors (Lipinski definition) is 4. The molecule has 0 heterocycles. The second-order valence-corrected chi connectivity index (χ2v) is 6.33. The van der Waals surface area contributed by atoms with Crippen molar-refractivity contribution in [2.75, 3.05) is 5.32 Å². The van der Waals surface area contributed by atoms with Gasteiger partial charge < -0.3 is 14.8 Å². The first-order valence-corrected chi connectivity index (χ1v) is 8.37. The molecule has 0 aliphatic heterocycles. The quantitative estimate of drug-likeness (QED) is 0.808. The third-order valence-electron chi connectivity index (χ3n) is 4.18. The summed E-state index contributed by atoms with van der Waals surface area (Å²) in [6.07, 6.45) is 0.0244. The SMILES string of the molecule is C[C@H](OC(=O)[C@H]1C[C@H]1C)C(=O)Nc1ccc(Oc2ccccc2)cc1. The van der Waals surface area contributed by atoms with Gasteiger partial charge >= 0.3 is 5.97 Å². The monoisotopic (exact) mass is 339 g/mol. The zero-order chi connectivity index (χ0) is 17.8. The first kappa shape index (κ1) is 17.0. The van der Waals surface area contributed by atoms with Crippen LogP contribution in [-0.4, -0.2) is 18.0 Å². The number of anilines is 1. The summed E-state index contributed by atoms with van der Waals surface area (Å²) in [5, 5.41) is 2.74. The van der Waals surface area contributed by atoms with E-state index in [9.17, 15) is 9.59 Å². The van der Waals surface area contributed by atoms with Gasteiger partial charge in [-0.05, 0) is 55.7 Å². The Hall–Kier alpha value is -2.82. The van der Waals surface area contributed by atoms with Crippen LogP contribution in [-0.2, 0) is 14.3 Å². The van der Waals surface area contributed by atoms with Crippen LogP contribution in [0.1, 0.15) is 20.3 Å². The maximum atomic E-state index is 12.1. The summed E-state index contributed by atoms with van der Waals surface area (Å²) in [5.74, 6) is 1.09.